The average molecular weight is 303 g/mol. The molecule has 0 radical (unpaired) electrons. The molecule has 3 aliphatic rings. The van der Waals surface area contributed by atoms with Crippen LogP contribution in [-0.4, -0.2) is 49.3 Å². The summed E-state index contributed by atoms with van der Waals surface area (Å²) >= 11 is 0. The lowest BCUT2D eigenvalue weighted by Gasteiger charge is -2.37. The van der Waals surface area contributed by atoms with Crippen molar-refractivity contribution < 1.29 is 19.0 Å². The molecule has 1 aromatic carbocycles. The van der Waals surface area contributed by atoms with Gasteiger partial charge < -0.3 is 19.1 Å². The van der Waals surface area contributed by atoms with Crippen LogP contribution in [0, 0.1) is 0 Å². The standard InChI is InChI=1S/C17H21NO4/c19-17(18-6-7-20-14-3-1-2-13(14)18)11-12-4-5-15-16(10-12)22-9-8-21-15/h4-5,10,13-14H,1-3,6-9,11H2/t13-,14+/m0/s1. The van der Waals surface area contributed by atoms with Gasteiger partial charge in [-0.2, -0.15) is 0 Å². The van der Waals surface area contributed by atoms with Crippen LogP contribution >= 0.6 is 0 Å². The summed E-state index contributed by atoms with van der Waals surface area (Å²) in [5.74, 6) is 1.71. The zero-order chi connectivity index (χ0) is 14.9. The second-order valence-corrected chi connectivity index (χ2v) is 6.15. The Labute approximate surface area is 130 Å². The lowest BCUT2D eigenvalue weighted by Crippen LogP contribution is -2.51. The smallest absolute Gasteiger partial charge is 0.227 e. The van der Waals surface area contributed by atoms with Gasteiger partial charge in [-0.1, -0.05) is 6.07 Å². The first-order valence-electron chi connectivity index (χ1n) is 8.11. The van der Waals surface area contributed by atoms with E-state index in [1.807, 2.05) is 23.1 Å². The number of ether oxygens (including phenoxy) is 3. The van der Waals surface area contributed by atoms with Gasteiger partial charge in [-0.3, -0.25) is 4.79 Å². The summed E-state index contributed by atoms with van der Waals surface area (Å²) in [4.78, 5) is 14.7. The molecular weight excluding hydrogens is 282 g/mol. The van der Waals surface area contributed by atoms with E-state index >= 15 is 0 Å². The van der Waals surface area contributed by atoms with E-state index < -0.39 is 0 Å². The summed E-state index contributed by atoms with van der Waals surface area (Å²) in [5, 5.41) is 0. The van der Waals surface area contributed by atoms with Crippen LogP contribution in [0.25, 0.3) is 0 Å². The topological polar surface area (TPSA) is 48.0 Å². The fourth-order valence-corrected chi connectivity index (χ4v) is 3.71. The molecule has 22 heavy (non-hydrogen) atoms. The minimum Gasteiger partial charge on any atom is -0.486 e. The van der Waals surface area contributed by atoms with Crippen molar-refractivity contribution in [1.82, 2.24) is 4.90 Å². The van der Waals surface area contributed by atoms with Crippen molar-refractivity contribution in [3.05, 3.63) is 23.8 Å². The van der Waals surface area contributed by atoms with Gasteiger partial charge >= 0.3 is 0 Å². The Kier molecular flexibility index (Phi) is 3.66. The number of hydrogen-bond acceptors (Lipinski definition) is 4. The summed E-state index contributed by atoms with van der Waals surface area (Å²) in [6.07, 6.45) is 3.97. The van der Waals surface area contributed by atoms with Crippen LogP contribution in [-0.2, 0) is 16.0 Å². The maximum Gasteiger partial charge on any atom is 0.227 e. The fraction of sp³-hybridized carbons (Fsp3) is 0.588. The van der Waals surface area contributed by atoms with Gasteiger partial charge in [0, 0.05) is 6.54 Å². The maximum atomic E-state index is 12.7. The number of carbonyl (C=O) groups is 1. The summed E-state index contributed by atoms with van der Waals surface area (Å²) in [5.41, 5.74) is 0.982. The molecule has 1 aliphatic carbocycles. The van der Waals surface area contributed by atoms with Crippen molar-refractivity contribution in [2.24, 2.45) is 0 Å². The lowest BCUT2D eigenvalue weighted by molar-refractivity contribution is -0.143. The van der Waals surface area contributed by atoms with E-state index in [2.05, 4.69) is 0 Å². The Balaban J connectivity index is 1.47. The van der Waals surface area contributed by atoms with Crippen LogP contribution < -0.4 is 9.47 Å². The highest BCUT2D eigenvalue weighted by Crippen LogP contribution is 2.32. The molecule has 1 amide bonds. The largest absolute Gasteiger partial charge is 0.486 e. The first kappa shape index (κ1) is 13.9. The third-order valence-corrected chi connectivity index (χ3v) is 4.76. The third kappa shape index (κ3) is 2.54. The second-order valence-electron chi connectivity index (χ2n) is 6.15. The number of carbonyl (C=O) groups excluding carboxylic acids is 1. The maximum absolute atomic E-state index is 12.7. The minimum atomic E-state index is 0.192. The molecular formula is C17H21NO4. The number of hydrogen-bond donors (Lipinski definition) is 0. The first-order valence-corrected chi connectivity index (χ1v) is 8.11. The van der Waals surface area contributed by atoms with Crippen LogP contribution in [0.1, 0.15) is 24.8 Å². The zero-order valence-corrected chi connectivity index (χ0v) is 12.6. The highest BCUT2D eigenvalue weighted by Gasteiger charge is 2.38. The van der Waals surface area contributed by atoms with Crippen LogP contribution in [0.15, 0.2) is 18.2 Å². The molecule has 2 heterocycles. The summed E-state index contributed by atoms with van der Waals surface area (Å²) in [7, 11) is 0. The van der Waals surface area contributed by atoms with Crippen molar-refractivity contribution in [3.8, 4) is 11.5 Å². The summed E-state index contributed by atoms with van der Waals surface area (Å²) in [6.45, 7) is 2.53. The SMILES string of the molecule is O=C(Cc1ccc2c(c1)OCCO2)N1CCO[C@@H]2CCC[C@@H]21. The molecule has 2 atom stereocenters. The van der Waals surface area contributed by atoms with Gasteiger partial charge in [0.15, 0.2) is 11.5 Å². The molecule has 1 saturated heterocycles. The molecule has 1 aromatic rings. The van der Waals surface area contributed by atoms with Gasteiger partial charge in [-0.25, -0.2) is 0 Å². The van der Waals surface area contributed by atoms with Crippen LogP contribution in [0.3, 0.4) is 0 Å². The Bertz CT molecular complexity index is 574. The van der Waals surface area contributed by atoms with Gasteiger partial charge in [0.2, 0.25) is 5.91 Å². The molecule has 0 spiro atoms. The molecule has 5 heteroatoms. The molecule has 0 aromatic heterocycles. The number of fused-ring (bicyclic) bond motifs is 2. The van der Waals surface area contributed by atoms with Crippen molar-refractivity contribution in [2.75, 3.05) is 26.4 Å². The normalized spacial score (nSPS) is 26.6. The fourth-order valence-electron chi connectivity index (χ4n) is 3.71. The molecule has 1 saturated carbocycles. The van der Waals surface area contributed by atoms with Gasteiger partial charge in [-0.15, -0.1) is 0 Å². The zero-order valence-electron chi connectivity index (χ0n) is 12.6. The van der Waals surface area contributed by atoms with E-state index in [0.29, 0.717) is 32.8 Å². The molecule has 2 fully saturated rings. The Morgan fingerprint density at radius 3 is 2.91 bits per heavy atom. The highest BCUT2D eigenvalue weighted by atomic mass is 16.6. The van der Waals surface area contributed by atoms with Gasteiger partial charge in [0.1, 0.15) is 13.2 Å². The van der Waals surface area contributed by atoms with E-state index in [1.54, 1.807) is 0 Å². The van der Waals surface area contributed by atoms with Crippen molar-refractivity contribution in [1.29, 1.82) is 0 Å². The Morgan fingerprint density at radius 1 is 1.14 bits per heavy atom. The van der Waals surface area contributed by atoms with Gasteiger partial charge in [-0.05, 0) is 37.0 Å². The lowest BCUT2D eigenvalue weighted by atomic mass is 10.1. The summed E-state index contributed by atoms with van der Waals surface area (Å²) in [6, 6.07) is 6.06. The van der Waals surface area contributed by atoms with Crippen LogP contribution in [0.4, 0.5) is 0 Å². The predicted octanol–water partition coefficient (Wildman–Crippen LogP) is 1.78. The first-order chi connectivity index (χ1) is 10.8. The number of benzene rings is 1. The monoisotopic (exact) mass is 303 g/mol. The number of morpholine rings is 1. The second kappa shape index (κ2) is 5.80. The van der Waals surface area contributed by atoms with Crippen molar-refractivity contribution in [3.63, 3.8) is 0 Å². The average Bonchev–Trinajstić information content (AvgIpc) is 3.03. The minimum absolute atomic E-state index is 0.192. The van der Waals surface area contributed by atoms with E-state index in [4.69, 9.17) is 14.2 Å². The molecule has 118 valence electrons. The van der Waals surface area contributed by atoms with Crippen molar-refractivity contribution >= 4 is 5.91 Å². The summed E-state index contributed by atoms with van der Waals surface area (Å²) < 4.78 is 16.9. The quantitative estimate of drug-likeness (QED) is 0.835. The van der Waals surface area contributed by atoms with Crippen LogP contribution in [0.5, 0.6) is 11.5 Å². The van der Waals surface area contributed by atoms with Gasteiger partial charge in [0.05, 0.1) is 25.2 Å². The van der Waals surface area contributed by atoms with E-state index in [0.717, 1.165) is 36.3 Å². The highest BCUT2D eigenvalue weighted by molar-refractivity contribution is 5.79. The number of rotatable bonds is 2. The molecule has 0 bridgehead atoms. The number of amides is 1. The van der Waals surface area contributed by atoms with E-state index in [-0.39, 0.29) is 18.1 Å². The third-order valence-electron chi connectivity index (χ3n) is 4.76. The van der Waals surface area contributed by atoms with Crippen LogP contribution in [0.2, 0.25) is 0 Å². The molecule has 4 rings (SSSR count). The Morgan fingerprint density at radius 2 is 2.00 bits per heavy atom. The molecule has 2 aliphatic heterocycles. The molecule has 5 nitrogen and oxygen atoms in total. The molecule has 0 N–H and O–H groups in total. The van der Waals surface area contributed by atoms with E-state index in [9.17, 15) is 4.79 Å². The number of nitrogens with zero attached hydrogens (tertiary/aromatic N) is 1. The molecule has 0 unspecified atom stereocenters. The Hall–Kier alpha value is -1.75. The predicted molar refractivity (Wildman–Crippen MR) is 80.2 cm³/mol. The van der Waals surface area contributed by atoms with E-state index in [1.165, 1.54) is 0 Å². The van der Waals surface area contributed by atoms with Crippen molar-refractivity contribution in [2.45, 2.75) is 37.8 Å². The van der Waals surface area contributed by atoms with Gasteiger partial charge in [0.25, 0.3) is 0 Å².